The number of nitrogens with zero attached hydrogens (tertiary/aromatic N) is 6. The maximum atomic E-state index is 9.99. The Bertz CT molecular complexity index is 577. The summed E-state index contributed by atoms with van der Waals surface area (Å²) >= 11 is 0. The van der Waals surface area contributed by atoms with E-state index in [4.69, 9.17) is 5.84 Å². The molecule has 0 aliphatic carbocycles. The standard InChI is InChI=1S/C12H20N8O/c1-4-19(8-12(2,3)21)10-15-9(18-13)16-11(17-10)20-7-5-6-14-20/h5-7,21H,4,8,13H2,1-3H3,(H,15,16,17,18). The molecule has 0 spiro atoms. The fraction of sp³-hybridized carbons (Fsp3) is 0.500. The van der Waals surface area contributed by atoms with Crippen molar-refractivity contribution in [1.82, 2.24) is 24.7 Å². The third-order valence-electron chi connectivity index (χ3n) is 2.69. The van der Waals surface area contributed by atoms with Crippen LogP contribution in [-0.2, 0) is 0 Å². The number of hydrazine groups is 1. The van der Waals surface area contributed by atoms with E-state index in [1.807, 2.05) is 11.8 Å². The zero-order valence-electron chi connectivity index (χ0n) is 12.4. The molecule has 0 radical (unpaired) electrons. The number of nitrogens with one attached hydrogen (secondary N) is 1. The van der Waals surface area contributed by atoms with Gasteiger partial charge in [-0.05, 0) is 26.8 Å². The predicted molar refractivity (Wildman–Crippen MR) is 78.9 cm³/mol. The first-order valence-electron chi connectivity index (χ1n) is 6.63. The van der Waals surface area contributed by atoms with Gasteiger partial charge < -0.3 is 10.0 Å². The first-order valence-corrected chi connectivity index (χ1v) is 6.63. The van der Waals surface area contributed by atoms with Crippen molar-refractivity contribution < 1.29 is 5.11 Å². The maximum Gasteiger partial charge on any atom is 0.257 e. The SMILES string of the molecule is CCN(CC(C)(C)O)c1nc(NN)nc(-n2cccn2)n1. The molecule has 0 saturated carbocycles. The molecule has 4 N–H and O–H groups in total. The Kier molecular flexibility index (Phi) is 4.34. The number of rotatable bonds is 6. The lowest BCUT2D eigenvalue weighted by Gasteiger charge is -2.28. The summed E-state index contributed by atoms with van der Waals surface area (Å²) in [5.74, 6) is 6.42. The van der Waals surface area contributed by atoms with E-state index in [-0.39, 0.29) is 5.95 Å². The van der Waals surface area contributed by atoms with Gasteiger partial charge in [0, 0.05) is 25.5 Å². The fourth-order valence-corrected chi connectivity index (χ4v) is 1.84. The van der Waals surface area contributed by atoms with E-state index < -0.39 is 5.60 Å². The molecule has 2 rings (SSSR count). The second kappa shape index (κ2) is 6.02. The van der Waals surface area contributed by atoms with Crippen molar-refractivity contribution in [3.05, 3.63) is 18.5 Å². The van der Waals surface area contributed by atoms with Gasteiger partial charge >= 0.3 is 0 Å². The molecule has 0 amide bonds. The van der Waals surface area contributed by atoms with Crippen molar-refractivity contribution in [2.24, 2.45) is 5.84 Å². The molecule has 0 aromatic carbocycles. The largest absolute Gasteiger partial charge is 0.389 e. The summed E-state index contributed by atoms with van der Waals surface area (Å²) in [6, 6.07) is 1.77. The monoisotopic (exact) mass is 292 g/mol. The number of likely N-dealkylation sites (N-methyl/N-ethyl adjacent to an activating group) is 1. The van der Waals surface area contributed by atoms with Crippen molar-refractivity contribution in [3.63, 3.8) is 0 Å². The smallest absolute Gasteiger partial charge is 0.257 e. The molecule has 0 unspecified atom stereocenters. The minimum Gasteiger partial charge on any atom is -0.389 e. The zero-order chi connectivity index (χ0) is 15.5. The average Bonchev–Trinajstić information content (AvgIpc) is 2.97. The molecular weight excluding hydrogens is 272 g/mol. The normalized spacial score (nSPS) is 11.5. The molecule has 0 bridgehead atoms. The summed E-state index contributed by atoms with van der Waals surface area (Å²) in [7, 11) is 0. The van der Waals surface area contributed by atoms with Gasteiger partial charge in [0.05, 0.1) is 5.60 Å². The van der Waals surface area contributed by atoms with Crippen molar-refractivity contribution in [2.75, 3.05) is 23.4 Å². The van der Waals surface area contributed by atoms with E-state index >= 15 is 0 Å². The van der Waals surface area contributed by atoms with Gasteiger partial charge in [-0.2, -0.15) is 20.1 Å². The number of anilines is 2. The number of aliphatic hydroxyl groups is 1. The van der Waals surface area contributed by atoms with Gasteiger partial charge in [0.15, 0.2) is 0 Å². The number of nitrogen functional groups attached to an aromatic ring is 1. The summed E-state index contributed by atoms with van der Waals surface area (Å²) in [5, 5.41) is 14.1. The number of hydrogen-bond acceptors (Lipinski definition) is 8. The van der Waals surface area contributed by atoms with Gasteiger partial charge in [-0.25, -0.2) is 10.5 Å². The van der Waals surface area contributed by atoms with Crippen LogP contribution in [0.3, 0.4) is 0 Å². The maximum absolute atomic E-state index is 9.99. The molecule has 2 aromatic rings. The summed E-state index contributed by atoms with van der Waals surface area (Å²) in [4.78, 5) is 14.6. The molecule has 2 aromatic heterocycles. The lowest BCUT2D eigenvalue weighted by atomic mass is 10.1. The minimum absolute atomic E-state index is 0.236. The molecule has 0 saturated heterocycles. The Hall–Kier alpha value is -2.26. The lowest BCUT2D eigenvalue weighted by molar-refractivity contribution is 0.0872. The molecule has 9 heteroatoms. The third-order valence-corrected chi connectivity index (χ3v) is 2.69. The highest BCUT2D eigenvalue weighted by Gasteiger charge is 2.21. The van der Waals surface area contributed by atoms with Crippen LogP contribution in [0.15, 0.2) is 18.5 Å². The van der Waals surface area contributed by atoms with Crippen LogP contribution in [0.25, 0.3) is 5.95 Å². The molecule has 21 heavy (non-hydrogen) atoms. The second-order valence-corrected chi connectivity index (χ2v) is 5.18. The van der Waals surface area contributed by atoms with Gasteiger partial charge in [0.25, 0.3) is 5.95 Å². The molecule has 0 aliphatic rings. The number of hydrogen-bond donors (Lipinski definition) is 3. The van der Waals surface area contributed by atoms with Crippen molar-refractivity contribution >= 4 is 11.9 Å². The van der Waals surface area contributed by atoms with Gasteiger partial charge in [-0.15, -0.1) is 0 Å². The van der Waals surface area contributed by atoms with E-state index in [2.05, 4.69) is 25.5 Å². The van der Waals surface area contributed by atoms with Crippen LogP contribution >= 0.6 is 0 Å². The first-order chi connectivity index (χ1) is 9.93. The molecule has 2 heterocycles. The van der Waals surface area contributed by atoms with Crippen LogP contribution in [0.1, 0.15) is 20.8 Å². The highest BCUT2D eigenvalue weighted by atomic mass is 16.3. The summed E-state index contributed by atoms with van der Waals surface area (Å²) in [6.45, 7) is 6.44. The van der Waals surface area contributed by atoms with Crippen LogP contribution < -0.4 is 16.2 Å². The fourth-order valence-electron chi connectivity index (χ4n) is 1.84. The van der Waals surface area contributed by atoms with Gasteiger partial charge in [0.2, 0.25) is 11.9 Å². The van der Waals surface area contributed by atoms with Crippen molar-refractivity contribution in [2.45, 2.75) is 26.4 Å². The highest BCUT2D eigenvalue weighted by molar-refractivity contribution is 5.39. The minimum atomic E-state index is -0.870. The van der Waals surface area contributed by atoms with Gasteiger partial charge in [-0.1, -0.05) is 0 Å². The second-order valence-electron chi connectivity index (χ2n) is 5.18. The van der Waals surface area contributed by atoms with Crippen LogP contribution in [0, 0.1) is 0 Å². The van der Waals surface area contributed by atoms with E-state index in [1.165, 1.54) is 4.68 Å². The van der Waals surface area contributed by atoms with Crippen molar-refractivity contribution in [3.8, 4) is 5.95 Å². The zero-order valence-corrected chi connectivity index (χ0v) is 12.4. The van der Waals surface area contributed by atoms with Crippen LogP contribution in [-0.4, -0.2) is 48.5 Å². The molecule has 0 atom stereocenters. The average molecular weight is 292 g/mol. The number of aromatic nitrogens is 5. The molecule has 0 aliphatic heterocycles. The van der Waals surface area contributed by atoms with Crippen LogP contribution in [0.4, 0.5) is 11.9 Å². The third kappa shape index (κ3) is 3.86. The molecular formula is C12H20N8O. The predicted octanol–water partition coefficient (Wildman–Crippen LogP) is -0.0599. The highest BCUT2D eigenvalue weighted by Crippen LogP contribution is 2.15. The molecule has 0 fully saturated rings. The van der Waals surface area contributed by atoms with E-state index in [0.29, 0.717) is 25.0 Å². The van der Waals surface area contributed by atoms with E-state index in [0.717, 1.165) is 0 Å². The Morgan fingerprint density at radius 2 is 2.14 bits per heavy atom. The Morgan fingerprint density at radius 3 is 2.67 bits per heavy atom. The molecule has 114 valence electrons. The van der Waals surface area contributed by atoms with Gasteiger partial charge in [0.1, 0.15) is 0 Å². The Balaban J connectivity index is 2.40. The van der Waals surface area contributed by atoms with Crippen LogP contribution in [0.2, 0.25) is 0 Å². The first kappa shape index (κ1) is 15.1. The number of nitrogens with two attached hydrogens (primary N) is 1. The van der Waals surface area contributed by atoms with Gasteiger partial charge in [-0.3, -0.25) is 5.43 Å². The van der Waals surface area contributed by atoms with E-state index in [9.17, 15) is 5.11 Å². The quantitative estimate of drug-likeness (QED) is 0.500. The van der Waals surface area contributed by atoms with E-state index in [1.54, 1.807) is 32.3 Å². The summed E-state index contributed by atoms with van der Waals surface area (Å²) in [5.41, 5.74) is 1.55. The summed E-state index contributed by atoms with van der Waals surface area (Å²) in [6.07, 6.45) is 3.36. The molecule has 9 nitrogen and oxygen atoms in total. The topological polar surface area (TPSA) is 118 Å². The Morgan fingerprint density at radius 1 is 1.38 bits per heavy atom. The van der Waals surface area contributed by atoms with Crippen LogP contribution in [0.5, 0.6) is 0 Å². The summed E-state index contributed by atoms with van der Waals surface area (Å²) < 4.78 is 1.52. The lowest BCUT2D eigenvalue weighted by Crippen LogP contribution is -2.39. The van der Waals surface area contributed by atoms with Crippen molar-refractivity contribution in [1.29, 1.82) is 0 Å². The Labute approximate surface area is 122 Å².